The van der Waals surface area contributed by atoms with Crippen molar-refractivity contribution in [3.63, 3.8) is 0 Å². The Balaban J connectivity index is 1.43. The Kier molecular flexibility index (Phi) is 3.92. The first kappa shape index (κ1) is 14.2. The lowest BCUT2D eigenvalue weighted by Crippen LogP contribution is -2.37. The van der Waals surface area contributed by atoms with Crippen LogP contribution >= 0.6 is 0 Å². The highest BCUT2D eigenvalue weighted by molar-refractivity contribution is 5.44. The maximum atomic E-state index is 5.87. The Morgan fingerprint density at radius 1 is 1.13 bits per heavy atom. The van der Waals surface area contributed by atoms with Crippen LogP contribution in [0, 0.1) is 0 Å². The third kappa shape index (κ3) is 3.18. The van der Waals surface area contributed by atoms with Crippen LogP contribution < -0.4 is 0 Å². The third-order valence-electron chi connectivity index (χ3n) is 3.89. The molecule has 3 aromatic rings. The van der Waals surface area contributed by atoms with Gasteiger partial charge in [0.05, 0.1) is 25.5 Å². The van der Waals surface area contributed by atoms with Crippen molar-refractivity contribution in [2.24, 2.45) is 0 Å². The molecule has 0 bridgehead atoms. The summed E-state index contributed by atoms with van der Waals surface area (Å²) in [6, 6.07) is 13.9. The molecule has 2 aromatic heterocycles. The first-order valence-corrected chi connectivity index (χ1v) is 7.64. The molecule has 23 heavy (non-hydrogen) atoms. The van der Waals surface area contributed by atoms with Gasteiger partial charge in [-0.2, -0.15) is 4.98 Å². The van der Waals surface area contributed by atoms with Crippen molar-refractivity contribution in [2.45, 2.75) is 12.6 Å². The zero-order chi connectivity index (χ0) is 15.5. The quantitative estimate of drug-likeness (QED) is 0.738. The molecule has 1 fully saturated rings. The average molecular weight is 311 g/mol. The highest BCUT2D eigenvalue weighted by Crippen LogP contribution is 2.23. The monoisotopic (exact) mass is 311 g/mol. The molecule has 0 spiro atoms. The normalized spacial score (nSPS) is 19.0. The maximum Gasteiger partial charge on any atom is 0.241 e. The van der Waals surface area contributed by atoms with Crippen LogP contribution in [0.3, 0.4) is 0 Å². The topological polar surface area (TPSA) is 64.5 Å². The first-order chi connectivity index (χ1) is 11.4. The van der Waals surface area contributed by atoms with Crippen molar-refractivity contribution in [2.75, 3.05) is 19.7 Å². The van der Waals surface area contributed by atoms with Gasteiger partial charge >= 0.3 is 0 Å². The SMILES string of the molecule is c1ccc(C2CN(Cc3nc(-c4ccco4)no3)CCO2)cc1. The van der Waals surface area contributed by atoms with E-state index in [0.29, 0.717) is 30.6 Å². The molecule has 0 amide bonds. The Hall–Kier alpha value is -2.44. The summed E-state index contributed by atoms with van der Waals surface area (Å²) in [7, 11) is 0. The molecule has 1 aliphatic rings. The van der Waals surface area contributed by atoms with Crippen molar-refractivity contribution >= 4 is 0 Å². The lowest BCUT2D eigenvalue weighted by molar-refractivity contribution is -0.0355. The summed E-state index contributed by atoms with van der Waals surface area (Å²) in [5.74, 6) is 1.69. The van der Waals surface area contributed by atoms with Crippen molar-refractivity contribution in [1.82, 2.24) is 15.0 Å². The molecule has 0 radical (unpaired) electrons. The summed E-state index contributed by atoms with van der Waals surface area (Å²) in [4.78, 5) is 6.66. The zero-order valence-electron chi connectivity index (χ0n) is 12.6. The van der Waals surface area contributed by atoms with Crippen molar-refractivity contribution in [3.05, 3.63) is 60.2 Å². The van der Waals surface area contributed by atoms with E-state index in [2.05, 4.69) is 27.2 Å². The molecule has 0 saturated carbocycles. The standard InChI is InChI=1S/C17H17N3O3/c1-2-5-13(6-3-1)15-11-20(8-10-22-15)12-16-18-17(19-23-16)14-7-4-9-21-14/h1-7,9,15H,8,10-12H2. The van der Waals surface area contributed by atoms with Crippen LogP contribution in [0.2, 0.25) is 0 Å². The number of morpholine rings is 1. The van der Waals surface area contributed by atoms with Crippen LogP contribution in [-0.2, 0) is 11.3 Å². The third-order valence-corrected chi connectivity index (χ3v) is 3.89. The molecule has 1 aromatic carbocycles. The summed E-state index contributed by atoms with van der Waals surface area (Å²) in [6.07, 6.45) is 1.68. The fraction of sp³-hybridized carbons (Fsp3) is 0.294. The van der Waals surface area contributed by atoms with Gasteiger partial charge in [-0.1, -0.05) is 35.5 Å². The van der Waals surface area contributed by atoms with Gasteiger partial charge in [-0.15, -0.1) is 0 Å². The summed E-state index contributed by atoms with van der Waals surface area (Å²) in [5.41, 5.74) is 1.19. The molecule has 6 nitrogen and oxygen atoms in total. The van der Waals surface area contributed by atoms with Crippen LogP contribution in [0.4, 0.5) is 0 Å². The van der Waals surface area contributed by atoms with E-state index >= 15 is 0 Å². The highest BCUT2D eigenvalue weighted by Gasteiger charge is 2.23. The maximum absolute atomic E-state index is 5.87. The van der Waals surface area contributed by atoms with E-state index in [4.69, 9.17) is 13.7 Å². The molecule has 0 N–H and O–H groups in total. The molecule has 6 heteroatoms. The van der Waals surface area contributed by atoms with E-state index in [-0.39, 0.29) is 6.10 Å². The van der Waals surface area contributed by atoms with Gasteiger partial charge in [0.1, 0.15) is 0 Å². The Morgan fingerprint density at radius 2 is 2.04 bits per heavy atom. The Labute approximate surface area is 133 Å². The van der Waals surface area contributed by atoms with Crippen LogP contribution in [-0.4, -0.2) is 34.7 Å². The molecule has 3 heterocycles. The number of benzene rings is 1. The minimum Gasteiger partial charge on any atom is -0.461 e. The smallest absolute Gasteiger partial charge is 0.241 e. The molecule has 1 unspecified atom stereocenters. The van der Waals surface area contributed by atoms with Gasteiger partial charge < -0.3 is 13.7 Å². The van der Waals surface area contributed by atoms with E-state index < -0.39 is 0 Å². The van der Waals surface area contributed by atoms with Gasteiger partial charge in [-0.3, -0.25) is 4.90 Å². The van der Waals surface area contributed by atoms with Crippen LogP contribution in [0.1, 0.15) is 17.6 Å². The molecular weight excluding hydrogens is 294 g/mol. The second kappa shape index (κ2) is 6.36. The number of hydrogen-bond donors (Lipinski definition) is 0. The van der Waals surface area contributed by atoms with Gasteiger partial charge in [0.15, 0.2) is 5.76 Å². The van der Waals surface area contributed by atoms with Gasteiger partial charge in [-0.25, -0.2) is 0 Å². The van der Waals surface area contributed by atoms with Gasteiger partial charge in [0.25, 0.3) is 0 Å². The second-order valence-corrected chi connectivity index (χ2v) is 5.49. The average Bonchev–Trinajstić information content (AvgIpc) is 3.27. The fourth-order valence-corrected chi connectivity index (χ4v) is 2.73. The number of hydrogen-bond acceptors (Lipinski definition) is 6. The van der Waals surface area contributed by atoms with E-state index in [0.717, 1.165) is 13.1 Å². The van der Waals surface area contributed by atoms with E-state index in [1.54, 1.807) is 12.3 Å². The number of rotatable bonds is 4. The van der Waals surface area contributed by atoms with Gasteiger partial charge in [0.2, 0.25) is 11.7 Å². The van der Waals surface area contributed by atoms with Crippen LogP contribution in [0.25, 0.3) is 11.6 Å². The van der Waals surface area contributed by atoms with E-state index in [1.807, 2.05) is 24.3 Å². The van der Waals surface area contributed by atoms with E-state index in [9.17, 15) is 0 Å². The number of nitrogens with zero attached hydrogens (tertiary/aromatic N) is 3. The minimum atomic E-state index is 0.0809. The van der Waals surface area contributed by atoms with Gasteiger partial charge in [0, 0.05) is 13.1 Å². The summed E-state index contributed by atoms with van der Waals surface area (Å²) in [5, 5.41) is 3.96. The summed E-state index contributed by atoms with van der Waals surface area (Å²) < 4.78 is 16.5. The first-order valence-electron chi connectivity index (χ1n) is 7.64. The molecule has 118 valence electrons. The number of furan rings is 1. The van der Waals surface area contributed by atoms with Crippen molar-refractivity contribution in [3.8, 4) is 11.6 Å². The molecule has 1 saturated heterocycles. The summed E-state index contributed by atoms with van der Waals surface area (Å²) in [6.45, 7) is 2.96. The van der Waals surface area contributed by atoms with Gasteiger partial charge in [-0.05, 0) is 17.7 Å². The minimum absolute atomic E-state index is 0.0809. The Morgan fingerprint density at radius 3 is 2.87 bits per heavy atom. The number of ether oxygens (including phenoxy) is 1. The van der Waals surface area contributed by atoms with Crippen molar-refractivity contribution < 1.29 is 13.7 Å². The largest absolute Gasteiger partial charge is 0.461 e. The fourth-order valence-electron chi connectivity index (χ4n) is 2.73. The second-order valence-electron chi connectivity index (χ2n) is 5.49. The molecule has 1 aliphatic heterocycles. The molecule has 4 rings (SSSR count). The lowest BCUT2D eigenvalue weighted by Gasteiger charge is -2.32. The molecule has 0 aliphatic carbocycles. The number of aromatic nitrogens is 2. The van der Waals surface area contributed by atoms with Crippen LogP contribution in [0.5, 0.6) is 0 Å². The zero-order valence-corrected chi connectivity index (χ0v) is 12.6. The predicted molar refractivity (Wildman–Crippen MR) is 82.4 cm³/mol. The van der Waals surface area contributed by atoms with E-state index in [1.165, 1.54) is 5.56 Å². The predicted octanol–water partition coefficient (Wildman–Crippen LogP) is 2.90. The highest BCUT2D eigenvalue weighted by atomic mass is 16.5. The Bertz CT molecular complexity index is 740. The van der Waals surface area contributed by atoms with Crippen LogP contribution in [0.15, 0.2) is 57.7 Å². The van der Waals surface area contributed by atoms with Crippen molar-refractivity contribution in [1.29, 1.82) is 0 Å². The summed E-state index contributed by atoms with van der Waals surface area (Å²) >= 11 is 0. The molecule has 1 atom stereocenters. The lowest BCUT2D eigenvalue weighted by atomic mass is 10.1. The molecular formula is C17H17N3O3.